The number of ether oxygens (including phenoxy) is 1. The number of hydrogen-bond donors (Lipinski definition) is 1. The first-order chi connectivity index (χ1) is 12.3. The molecule has 0 bridgehead atoms. The summed E-state index contributed by atoms with van der Waals surface area (Å²) in [5.74, 6) is 1.54. The minimum atomic E-state index is 0.164. The van der Waals surface area contributed by atoms with Crippen LogP contribution in [0, 0.1) is 0 Å². The monoisotopic (exact) mass is 335 g/mol. The molecule has 4 rings (SSSR count). The average Bonchev–Trinajstić information content (AvgIpc) is 2.66. The van der Waals surface area contributed by atoms with Crippen molar-refractivity contribution in [2.45, 2.75) is 6.10 Å². The number of aromatic nitrogens is 3. The van der Waals surface area contributed by atoms with Gasteiger partial charge in [0.05, 0.1) is 18.2 Å². The number of hydrogen-bond acceptors (Lipinski definition) is 6. The van der Waals surface area contributed by atoms with E-state index < -0.39 is 0 Å². The lowest BCUT2D eigenvalue weighted by Gasteiger charge is -2.30. The predicted molar refractivity (Wildman–Crippen MR) is 98.5 cm³/mol. The lowest BCUT2D eigenvalue weighted by atomic mass is 10.2. The van der Waals surface area contributed by atoms with Gasteiger partial charge in [-0.15, -0.1) is 0 Å². The van der Waals surface area contributed by atoms with E-state index in [4.69, 9.17) is 14.7 Å². The van der Waals surface area contributed by atoms with Crippen LogP contribution >= 0.6 is 0 Å². The van der Waals surface area contributed by atoms with Crippen LogP contribution in [-0.2, 0) is 4.74 Å². The highest BCUT2D eigenvalue weighted by atomic mass is 16.5. The van der Waals surface area contributed by atoms with E-state index >= 15 is 0 Å². The Morgan fingerprint density at radius 1 is 1.16 bits per heavy atom. The number of nitrogens with zero attached hydrogens (tertiary/aromatic N) is 4. The topological polar surface area (TPSA) is 63.2 Å². The Morgan fingerprint density at radius 2 is 2.00 bits per heavy atom. The van der Waals surface area contributed by atoms with E-state index in [0.717, 1.165) is 48.5 Å². The van der Waals surface area contributed by atoms with Crippen LogP contribution in [0.5, 0.6) is 0 Å². The largest absolute Gasteiger partial charge is 0.374 e. The van der Waals surface area contributed by atoms with Gasteiger partial charge in [-0.1, -0.05) is 12.1 Å². The molecule has 0 unspecified atom stereocenters. The second-order valence-electron chi connectivity index (χ2n) is 6.28. The van der Waals surface area contributed by atoms with Crippen molar-refractivity contribution < 1.29 is 4.74 Å². The number of rotatable bonds is 4. The van der Waals surface area contributed by atoms with Gasteiger partial charge in [-0.2, -0.15) is 0 Å². The molecule has 2 aromatic heterocycles. The zero-order valence-corrected chi connectivity index (χ0v) is 14.2. The maximum absolute atomic E-state index is 5.84. The Balaban J connectivity index is 1.64. The van der Waals surface area contributed by atoms with Crippen LogP contribution in [0.4, 0.5) is 5.82 Å². The van der Waals surface area contributed by atoms with Crippen LogP contribution < -0.4 is 5.32 Å². The predicted octanol–water partition coefficient (Wildman–Crippen LogP) is 2.43. The third-order valence-corrected chi connectivity index (χ3v) is 4.38. The standard InChI is InChI=1S/C19H21N5O/c1-24-10-11-25-15(13-24)12-21-19-16-4-2-3-5-17(16)22-18(23-19)14-6-8-20-9-7-14/h2-9,15H,10-13H2,1H3,(H,21,22,23)/t15-/m0/s1. The molecular formula is C19H21N5O. The summed E-state index contributed by atoms with van der Waals surface area (Å²) in [6, 6.07) is 11.9. The minimum Gasteiger partial charge on any atom is -0.374 e. The van der Waals surface area contributed by atoms with Crippen LogP contribution in [0.3, 0.4) is 0 Å². The number of pyridine rings is 1. The summed E-state index contributed by atoms with van der Waals surface area (Å²) in [6.07, 6.45) is 3.68. The fourth-order valence-electron chi connectivity index (χ4n) is 3.04. The molecule has 1 aliphatic rings. The first kappa shape index (κ1) is 15.9. The first-order valence-corrected chi connectivity index (χ1v) is 8.51. The minimum absolute atomic E-state index is 0.164. The number of likely N-dealkylation sites (N-methyl/N-ethyl adjacent to an activating group) is 1. The molecule has 3 heterocycles. The van der Waals surface area contributed by atoms with Gasteiger partial charge in [0.1, 0.15) is 5.82 Å². The Morgan fingerprint density at radius 3 is 2.84 bits per heavy atom. The van der Waals surface area contributed by atoms with Crippen LogP contribution in [0.25, 0.3) is 22.3 Å². The van der Waals surface area contributed by atoms with E-state index in [2.05, 4.69) is 22.2 Å². The van der Waals surface area contributed by atoms with Crippen molar-refractivity contribution in [3.63, 3.8) is 0 Å². The molecule has 0 radical (unpaired) electrons. The van der Waals surface area contributed by atoms with Crippen LogP contribution in [0.15, 0.2) is 48.8 Å². The Bertz CT molecular complexity index is 855. The molecule has 0 aliphatic carbocycles. The normalized spacial score (nSPS) is 18.4. The van der Waals surface area contributed by atoms with Crippen LogP contribution in [0.2, 0.25) is 0 Å². The molecule has 1 aliphatic heterocycles. The molecule has 128 valence electrons. The van der Waals surface area contributed by atoms with Gasteiger partial charge in [-0.05, 0) is 31.3 Å². The van der Waals surface area contributed by atoms with Gasteiger partial charge in [0, 0.05) is 43.0 Å². The number of morpholine rings is 1. The van der Waals surface area contributed by atoms with Gasteiger partial charge in [0.2, 0.25) is 0 Å². The Hall–Kier alpha value is -2.57. The van der Waals surface area contributed by atoms with E-state index in [0.29, 0.717) is 5.82 Å². The molecule has 0 spiro atoms. The zero-order chi connectivity index (χ0) is 17.1. The molecule has 1 N–H and O–H groups in total. The third-order valence-electron chi connectivity index (χ3n) is 4.38. The Kier molecular flexibility index (Phi) is 4.54. The molecule has 0 saturated carbocycles. The van der Waals surface area contributed by atoms with Crippen molar-refractivity contribution in [2.24, 2.45) is 0 Å². The number of benzene rings is 1. The van der Waals surface area contributed by atoms with Crippen molar-refractivity contribution in [2.75, 3.05) is 38.6 Å². The van der Waals surface area contributed by atoms with Crippen LogP contribution in [0.1, 0.15) is 0 Å². The van der Waals surface area contributed by atoms with Gasteiger partial charge < -0.3 is 15.0 Å². The molecule has 6 heteroatoms. The fraction of sp³-hybridized carbons (Fsp3) is 0.316. The van der Waals surface area contributed by atoms with Gasteiger partial charge in [-0.3, -0.25) is 4.98 Å². The fourth-order valence-corrected chi connectivity index (χ4v) is 3.04. The quantitative estimate of drug-likeness (QED) is 0.790. The third kappa shape index (κ3) is 3.60. The molecule has 6 nitrogen and oxygen atoms in total. The lowest BCUT2D eigenvalue weighted by Crippen LogP contribution is -2.43. The molecular weight excluding hydrogens is 314 g/mol. The first-order valence-electron chi connectivity index (χ1n) is 8.51. The van der Waals surface area contributed by atoms with Crippen molar-refractivity contribution in [3.05, 3.63) is 48.8 Å². The summed E-state index contributed by atoms with van der Waals surface area (Å²) in [4.78, 5) is 15.8. The molecule has 3 aromatic rings. The molecule has 1 fully saturated rings. The van der Waals surface area contributed by atoms with Crippen molar-refractivity contribution in [1.29, 1.82) is 0 Å². The number of anilines is 1. The summed E-state index contributed by atoms with van der Waals surface area (Å²) >= 11 is 0. The smallest absolute Gasteiger partial charge is 0.162 e. The SMILES string of the molecule is CN1CCO[C@@H](CNc2nc(-c3ccncc3)nc3ccccc23)C1. The van der Waals surface area contributed by atoms with Crippen molar-refractivity contribution in [3.8, 4) is 11.4 Å². The molecule has 1 atom stereocenters. The summed E-state index contributed by atoms with van der Waals surface area (Å²) in [6.45, 7) is 3.41. The average molecular weight is 335 g/mol. The summed E-state index contributed by atoms with van der Waals surface area (Å²) < 4.78 is 5.84. The van der Waals surface area contributed by atoms with Gasteiger partial charge in [0.15, 0.2) is 5.82 Å². The van der Waals surface area contributed by atoms with Crippen LogP contribution in [-0.4, -0.2) is 59.2 Å². The van der Waals surface area contributed by atoms with Crippen molar-refractivity contribution >= 4 is 16.7 Å². The highest BCUT2D eigenvalue weighted by Gasteiger charge is 2.18. The number of para-hydroxylation sites is 1. The summed E-state index contributed by atoms with van der Waals surface area (Å²) in [5, 5.41) is 4.49. The van der Waals surface area contributed by atoms with Gasteiger partial charge >= 0.3 is 0 Å². The zero-order valence-electron chi connectivity index (χ0n) is 14.2. The van der Waals surface area contributed by atoms with E-state index in [9.17, 15) is 0 Å². The Labute approximate surface area is 146 Å². The second kappa shape index (κ2) is 7.13. The molecule has 25 heavy (non-hydrogen) atoms. The van der Waals surface area contributed by atoms with Gasteiger partial charge in [-0.25, -0.2) is 9.97 Å². The lowest BCUT2D eigenvalue weighted by molar-refractivity contribution is -0.0117. The molecule has 1 aromatic carbocycles. The van der Waals surface area contributed by atoms with E-state index in [1.165, 1.54) is 0 Å². The van der Waals surface area contributed by atoms with E-state index in [1.807, 2.05) is 36.4 Å². The summed E-state index contributed by atoms with van der Waals surface area (Å²) in [7, 11) is 2.12. The molecule has 1 saturated heterocycles. The van der Waals surface area contributed by atoms with E-state index in [-0.39, 0.29) is 6.10 Å². The number of fused-ring (bicyclic) bond motifs is 1. The molecule has 0 amide bonds. The highest BCUT2D eigenvalue weighted by molar-refractivity contribution is 5.90. The van der Waals surface area contributed by atoms with E-state index in [1.54, 1.807) is 12.4 Å². The highest BCUT2D eigenvalue weighted by Crippen LogP contribution is 2.24. The number of nitrogens with one attached hydrogen (secondary N) is 1. The van der Waals surface area contributed by atoms with Crippen molar-refractivity contribution in [1.82, 2.24) is 19.9 Å². The maximum atomic E-state index is 5.84. The maximum Gasteiger partial charge on any atom is 0.162 e. The van der Waals surface area contributed by atoms with Gasteiger partial charge in [0.25, 0.3) is 0 Å². The summed E-state index contributed by atoms with van der Waals surface area (Å²) in [5.41, 5.74) is 1.88. The second-order valence-corrected chi connectivity index (χ2v) is 6.28.